The molecule has 0 bridgehead atoms. The highest BCUT2D eigenvalue weighted by Crippen LogP contribution is 2.54. The number of amides is 1. The van der Waals surface area contributed by atoms with E-state index in [0.717, 1.165) is 52.9 Å². The average Bonchev–Trinajstić information content (AvgIpc) is 3.15. The van der Waals surface area contributed by atoms with Gasteiger partial charge in [-0.3, -0.25) is 14.4 Å². The number of halogens is 2. The van der Waals surface area contributed by atoms with Gasteiger partial charge in [0.2, 0.25) is 5.91 Å². The third-order valence-electron chi connectivity index (χ3n) is 8.87. The number of anilines is 1. The molecule has 9 heteroatoms. The van der Waals surface area contributed by atoms with Gasteiger partial charge in [0, 0.05) is 41.7 Å². The van der Waals surface area contributed by atoms with E-state index < -0.39 is 11.7 Å². The molecular weight excluding hydrogens is 493 g/mol. The predicted molar refractivity (Wildman–Crippen MR) is 142 cm³/mol. The maximum atomic E-state index is 14.5. The predicted octanol–water partition coefficient (Wildman–Crippen LogP) is 4.92. The summed E-state index contributed by atoms with van der Waals surface area (Å²) < 4.78 is 21.7. The molecule has 3 aliphatic rings. The summed E-state index contributed by atoms with van der Waals surface area (Å²) >= 11 is 6.72. The number of pyridine rings is 1. The Morgan fingerprint density at radius 3 is 2.68 bits per heavy atom. The first-order valence-corrected chi connectivity index (χ1v) is 13.5. The third kappa shape index (κ3) is 4.43. The van der Waals surface area contributed by atoms with Crippen molar-refractivity contribution in [3.05, 3.63) is 52.9 Å². The fraction of sp³-hybridized carbons (Fsp3) is 0.536. The Kier molecular flexibility index (Phi) is 6.24. The zero-order chi connectivity index (χ0) is 25.9. The SMILES string of the molecule is C[C@H]1[C@@H](C(=O)Nc2cc3cc(C4CCN([C@]5(C)COC[C@@H]5F)CC4)c(Cl)cc3cn2)[C@@H]1c1cnn(C)c1. The van der Waals surface area contributed by atoms with Crippen molar-refractivity contribution in [1.29, 1.82) is 0 Å². The number of carbonyl (C=O) groups excluding carboxylic acids is 1. The van der Waals surface area contributed by atoms with Gasteiger partial charge >= 0.3 is 0 Å². The number of aryl methyl sites for hydroxylation is 1. The topological polar surface area (TPSA) is 72.3 Å². The molecule has 2 aliphatic heterocycles. The van der Waals surface area contributed by atoms with Gasteiger partial charge in [0.25, 0.3) is 0 Å². The van der Waals surface area contributed by atoms with Gasteiger partial charge in [0.15, 0.2) is 0 Å². The summed E-state index contributed by atoms with van der Waals surface area (Å²) in [6.45, 7) is 6.33. The average molecular weight is 526 g/mol. The van der Waals surface area contributed by atoms with Gasteiger partial charge in [-0.05, 0) is 79.4 Å². The number of fused-ring (bicyclic) bond motifs is 1. The Morgan fingerprint density at radius 2 is 2.00 bits per heavy atom. The van der Waals surface area contributed by atoms with E-state index in [1.807, 2.05) is 38.5 Å². The van der Waals surface area contributed by atoms with Gasteiger partial charge in [-0.1, -0.05) is 18.5 Å². The molecule has 7 nitrogen and oxygen atoms in total. The number of likely N-dealkylation sites (tertiary alicyclic amines) is 1. The van der Waals surface area contributed by atoms with Crippen molar-refractivity contribution in [3.8, 4) is 0 Å². The third-order valence-corrected chi connectivity index (χ3v) is 9.20. The molecule has 1 aromatic carbocycles. The van der Waals surface area contributed by atoms with Crippen molar-refractivity contribution < 1.29 is 13.9 Å². The van der Waals surface area contributed by atoms with Gasteiger partial charge in [-0.15, -0.1) is 0 Å². The van der Waals surface area contributed by atoms with Crippen molar-refractivity contribution in [2.75, 3.05) is 31.6 Å². The number of rotatable bonds is 5. The lowest BCUT2D eigenvalue weighted by atomic mass is 9.85. The molecule has 1 saturated carbocycles. The van der Waals surface area contributed by atoms with Crippen molar-refractivity contribution in [2.45, 2.75) is 50.2 Å². The maximum absolute atomic E-state index is 14.5. The molecule has 6 rings (SSSR count). The minimum absolute atomic E-state index is 0.00897. The Morgan fingerprint density at radius 1 is 1.22 bits per heavy atom. The second-order valence-electron chi connectivity index (χ2n) is 11.2. The lowest BCUT2D eigenvalue weighted by Crippen LogP contribution is -2.55. The highest BCUT2D eigenvalue weighted by molar-refractivity contribution is 6.32. The standard InChI is InChI=1S/C28H33ClFN5O2/c1-16-25(20-12-32-34(3)13-20)26(16)27(36)33-24-10-18-8-21(22(29)9-19(18)11-31-24)17-4-6-35(7-5-17)28(2)15-37-14-23(28)30/h8-13,16-17,23,25-26H,4-7,14-15H2,1-3H3,(H,31,33,36)/t16-,23+,25+,26-,28-/m1/s1. The Balaban J connectivity index is 1.16. The molecule has 1 amide bonds. The highest BCUT2D eigenvalue weighted by atomic mass is 35.5. The molecule has 0 radical (unpaired) electrons. The van der Waals surface area contributed by atoms with E-state index in [0.29, 0.717) is 18.3 Å². The monoisotopic (exact) mass is 525 g/mol. The van der Waals surface area contributed by atoms with Crippen LogP contribution < -0.4 is 5.32 Å². The molecule has 5 atom stereocenters. The zero-order valence-corrected chi connectivity index (χ0v) is 22.2. The summed E-state index contributed by atoms with van der Waals surface area (Å²) in [4.78, 5) is 19.7. The Hall–Kier alpha value is -2.55. The summed E-state index contributed by atoms with van der Waals surface area (Å²) in [5.41, 5.74) is 1.67. The number of hydrogen-bond donors (Lipinski definition) is 1. The summed E-state index contributed by atoms with van der Waals surface area (Å²) in [6.07, 6.45) is 6.47. The lowest BCUT2D eigenvalue weighted by molar-refractivity contribution is -0.117. The first kappa shape index (κ1) is 24.8. The molecule has 37 heavy (non-hydrogen) atoms. The van der Waals surface area contributed by atoms with E-state index in [1.54, 1.807) is 10.9 Å². The zero-order valence-electron chi connectivity index (χ0n) is 21.5. The summed E-state index contributed by atoms with van der Waals surface area (Å²) in [7, 11) is 1.89. The second-order valence-corrected chi connectivity index (χ2v) is 11.6. The number of benzene rings is 1. The Bertz CT molecular complexity index is 1340. The number of carbonyl (C=O) groups is 1. The number of ether oxygens (including phenoxy) is 1. The molecule has 4 heterocycles. The second kappa shape index (κ2) is 9.33. The molecule has 1 N–H and O–H groups in total. The van der Waals surface area contributed by atoms with Crippen LogP contribution >= 0.6 is 11.6 Å². The summed E-state index contributed by atoms with van der Waals surface area (Å²) in [5, 5.41) is 9.94. The lowest BCUT2D eigenvalue weighted by Gasteiger charge is -2.43. The van der Waals surface area contributed by atoms with E-state index in [4.69, 9.17) is 16.3 Å². The van der Waals surface area contributed by atoms with Crippen LogP contribution in [0.25, 0.3) is 10.8 Å². The maximum Gasteiger partial charge on any atom is 0.229 e. The quantitative estimate of drug-likeness (QED) is 0.512. The van der Waals surface area contributed by atoms with Crippen molar-refractivity contribution >= 4 is 34.1 Å². The van der Waals surface area contributed by atoms with Gasteiger partial charge in [0.1, 0.15) is 12.0 Å². The van der Waals surface area contributed by atoms with Gasteiger partial charge < -0.3 is 10.1 Å². The van der Waals surface area contributed by atoms with Crippen LogP contribution in [0, 0.1) is 11.8 Å². The van der Waals surface area contributed by atoms with Crippen LogP contribution in [0.3, 0.4) is 0 Å². The first-order chi connectivity index (χ1) is 17.7. The van der Waals surface area contributed by atoms with Crippen molar-refractivity contribution in [2.24, 2.45) is 18.9 Å². The van der Waals surface area contributed by atoms with E-state index in [1.165, 1.54) is 0 Å². The van der Waals surface area contributed by atoms with Crippen LogP contribution in [0.5, 0.6) is 0 Å². The fourth-order valence-corrected chi connectivity index (χ4v) is 6.72. The van der Waals surface area contributed by atoms with Crippen LogP contribution in [-0.2, 0) is 16.6 Å². The van der Waals surface area contributed by atoms with Crippen LogP contribution in [0.4, 0.5) is 10.2 Å². The minimum atomic E-state index is -0.951. The van der Waals surface area contributed by atoms with E-state index in [2.05, 4.69) is 33.3 Å². The first-order valence-electron chi connectivity index (χ1n) is 13.1. The molecule has 1 aliphatic carbocycles. The number of piperidine rings is 1. The molecule has 3 aromatic rings. The molecule has 2 saturated heterocycles. The van der Waals surface area contributed by atoms with Crippen LogP contribution in [-0.4, -0.2) is 63.6 Å². The van der Waals surface area contributed by atoms with E-state index in [9.17, 15) is 9.18 Å². The molecule has 3 fully saturated rings. The van der Waals surface area contributed by atoms with Crippen LogP contribution in [0.15, 0.2) is 36.8 Å². The number of nitrogens with zero attached hydrogens (tertiary/aromatic N) is 4. The molecular formula is C28H33ClFN5O2. The van der Waals surface area contributed by atoms with Gasteiger partial charge in [-0.2, -0.15) is 5.10 Å². The van der Waals surface area contributed by atoms with Crippen molar-refractivity contribution in [3.63, 3.8) is 0 Å². The molecule has 0 spiro atoms. The smallest absolute Gasteiger partial charge is 0.229 e. The highest BCUT2D eigenvalue weighted by Gasteiger charge is 2.53. The van der Waals surface area contributed by atoms with E-state index >= 15 is 0 Å². The summed E-state index contributed by atoms with van der Waals surface area (Å²) in [6, 6.07) is 6.02. The van der Waals surface area contributed by atoms with Crippen LogP contribution in [0.1, 0.15) is 49.7 Å². The molecule has 2 aromatic heterocycles. The minimum Gasteiger partial charge on any atom is -0.376 e. The number of hydrogen-bond acceptors (Lipinski definition) is 5. The van der Waals surface area contributed by atoms with Crippen LogP contribution in [0.2, 0.25) is 5.02 Å². The summed E-state index contributed by atoms with van der Waals surface area (Å²) in [5.74, 6) is 1.22. The number of aromatic nitrogens is 3. The number of nitrogens with one attached hydrogen (secondary N) is 1. The molecule has 0 unspecified atom stereocenters. The number of alkyl halides is 1. The van der Waals surface area contributed by atoms with Gasteiger partial charge in [0.05, 0.1) is 24.9 Å². The van der Waals surface area contributed by atoms with E-state index in [-0.39, 0.29) is 30.3 Å². The van der Waals surface area contributed by atoms with Gasteiger partial charge in [-0.25, -0.2) is 9.37 Å². The van der Waals surface area contributed by atoms with Crippen molar-refractivity contribution in [1.82, 2.24) is 19.7 Å². The Labute approximate surface area is 221 Å². The largest absolute Gasteiger partial charge is 0.376 e. The normalized spacial score (nSPS) is 30.6. The molecule has 196 valence electrons. The fourth-order valence-electron chi connectivity index (χ4n) is 6.39.